The van der Waals surface area contributed by atoms with Crippen LogP contribution in [0.2, 0.25) is 10.0 Å². The molecule has 4 nitrogen and oxygen atoms in total. The summed E-state index contributed by atoms with van der Waals surface area (Å²) < 4.78 is 0. The average Bonchev–Trinajstić information content (AvgIpc) is 2.76. The van der Waals surface area contributed by atoms with Crippen LogP contribution in [-0.4, -0.2) is 17.6 Å². The van der Waals surface area contributed by atoms with Crippen molar-refractivity contribution in [1.82, 2.24) is 10.6 Å². The van der Waals surface area contributed by atoms with Gasteiger partial charge in [-0.1, -0.05) is 89.9 Å². The molecule has 0 aliphatic heterocycles. The SMILES string of the molecule is O=C(O)C(CNCc1ccccc1)C(NCc1ccccc1)c1ccc(Cl)c(Cl)c1. The third-order valence-electron chi connectivity index (χ3n) is 4.93. The van der Waals surface area contributed by atoms with Crippen LogP contribution in [0.3, 0.4) is 0 Å². The third-order valence-corrected chi connectivity index (χ3v) is 5.67. The lowest BCUT2D eigenvalue weighted by Gasteiger charge is -2.26. The highest BCUT2D eigenvalue weighted by Crippen LogP contribution is 2.29. The minimum atomic E-state index is -0.882. The molecule has 0 spiro atoms. The van der Waals surface area contributed by atoms with Crippen LogP contribution in [0.5, 0.6) is 0 Å². The van der Waals surface area contributed by atoms with Gasteiger partial charge in [-0.2, -0.15) is 0 Å². The number of aliphatic carboxylic acids is 1. The number of benzene rings is 3. The Morgan fingerprint density at radius 3 is 2.00 bits per heavy atom. The zero-order chi connectivity index (χ0) is 21.3. The van der Waals surface area contributed by atoms with Crippen molar-refractivity contribution in [2.75, 3.05) is 6.54 Å². The van der Waals surface area contributed by atoms with Gasteiger partial charge in [0.25, 0.3) is 0 Å². The third kappa shape index (κ3) is 6.31. The first-order valence-corrected chi connectivity index (χ1v) is 10.5. The van der Waals surface area contributed by atoms with E-state index in [1.165, 1.54) is 0 Å². The van der Waals surface area contributed by atoms with Crippen LogP contribution in [0.4, 0.5) is 0 Å². The average molecular weight is 443 g/mol. The van der Waals surface area contributed by atoms with Gasteiger partial charge in [-0.3, -0.25) is 4.79 Å². The normalized spacial score (nSPS) is 13.0. The summed E-state index contributed by atoms with van der Waals surface area (Å²) in [6.45, 7) is 1.43. The molecule has 2 unspecified atom stereocenters. The van der Waals surface area contributed by atoms with Crippen LogP contribution in [-0.2, 0) is 17.9 Å². The molecule has 0 aromatic heterocycles. The quantitative estimate of drug-likeness (QED) is 0.397. The fourth-order valence-electron chi connectivity index (χ4n) is 3.34. The summed E-state index contributed by atoms with van der Waals surface area (Å²) in [5.41, 5.74) is 2.96. The second-order valence-electron chi connectivity index (χ2n) is 7.08. The molecule has 3 rings (SSSR count). The first-order chi connectivity index (χ1) is 14.5. The summed E-state index contributed by atoms with van der Waals surface area (Å²) in [7, 11) is 0. The minimum Gasteiger partial charge on any atom is -0.481 e. The second kappa shape index (κ2) is 11.1. The molecule has 0 heterocycles. The largest absolute Gasteiger partial charge is 0.481 e. The Bertz CT molecular complexity index is 952. The highest BCUT2D eigenvalue weighted by molar-refractivity contribution is 6.42. The summed E-state index contributed by atoms with van der Waals surface area (Å²) in [6, 6.07) is 24.6. The van der Waals surface area contributed by atoms with Crippen LogP contribution in [0.1, 0.15) is 22.7 Å². The predicted octanol–water partition coefficient (Wildman–Crippen LogP) is 5.31. The zero-order valence-corrected chi connectivity index (χ0v) is 17.9. The first kappa shape index (κ1) is 22.3. The minimum absolute atomic E-state index is 0.303. The molecule has 0 aliphatic carbocycles. The lowest BCUT2D eigenvalue weighted by molar-refractivity contribution is -0.142. The molecule has 6 heteroatoms. The summed E-state index contributed by atoms with van der Waals surface area (Å²) in [5.74, 6) is -1.58. The van der Waals surface area contributed by atoms with E-state index in [4.69, 9.17) is 23.2 Å². The highest BCUT2D eigenvalue weighted by atomic mass is 35.5. The van der Waals surface area contributed by atoms with Crippen LogP contribution >= 0.6 is 23.2 Å². The zero-order valence-electron chi connectivity index (χ0n) is 16.4. The Morgan fingerprint density at radius 1 is 0.833 bits per heavy atom. The van der Waals surface area contributed by atoms with Crippen molar-refractivity contribution in [3.8, 4) is 0 Å². The molecular formula is C24H24Cl2N2O2. The molecule has 3 aromatic carbocycles. The van der Waals surface area contributed by atoms with Crippen molar-refractivity contribution >= 4 is 29.2 Å². The number of carboxylic acid groups (broad SMARTS) is 1. The van der Waals surface area contributed by atoms with Gasteiger partial charge in [0.1, 0.15) is 0 Å². The molecule has 0 amide bonds. The van der Waals surface area contributed by atoms with E-state index in [1.54, 1.807) is 12.1 Å². The Balaban J connectivity index is 1.78. The molecule has 30 heavy (non-hydrogen) atoms. The highest BCUT2D eigenvalue weighted by Gasteiger charge is 2.29. The Kier molecular flexibility index (Phi) is 8.29. The van der Waals surface area contributed by atoms with E-state index in [1.807, 2.05) is 66.7 Å². The van der Waals surface area contributed by atoms with Gasteiger partial charge < -0.3 is 15.7 Å². The number of rotatable bonds is 10. The summed E-state index contributed by atoms with van der Waals surface area (Å²) in [4.78, 5) is 12.2. The Hall–Kier alpha value is -2.37. The standard InChI is InChI=1S/C24H24Cl2N2O2/c25-21-12-11-19(13-22(21)26)23(28-15-18-9-5-2-6-10-18)20(24(29)30)16-27-14-17-7-3-1-4-8-17/h1-13,20,23,27-28H,14-16H2,(H,29,30). The van der Waals surface area contributed by atoms with Gasteiger partial charge in [-0.25, -0.2) is 0 Å². The van der Waals surface area contributed by atoms with Crippen molar-refractivity contribution < 1.29 is 9.90 Å². The molecule has 0 saturated heterocycles. The lowest BCUT2D eigenvalue weighted by atomic mass is 9.92. The summed E-state index contributed by atoms with van der Waals surface area (Å²) in [6.07, 6.45) is 0. The first-order valence-electron chi connectivity index (χ1n) is 9.74. The molecule has 156 valence electrons. The number of carboxylic acids is 1. The lowest BCUT2D eigenvalue weighted by Crippen LogP contribution is -2.39. The fraction of sp³-hybridized carbons (Fsp3) is 0.208. The van der Waals surface area contributed by atoms with Crippen molar-refractivity contribution in [2.24, 2.45) is 5.92 Å². The van der Waals surface area contributed by atoms with Gasteiger partial charge in [0.15, 0.2) is 0 Å². The predicted molar refractivity (Wildman–Crippen MR) is 122 cm³/mol. The van der Waals surface area contributed by atoms with E-state index in [0.29, 0.717) is 29.7 Å². The van der Waals surface area contributed by atoms with Gasteiger partial charge in [0, 0.05) is 25.7 Å². The van der Waals surface area contributed by atoms with Crippen molar-refractivity contribution in [3.63, 3.8) is 0 Å². The topological polar surface area (TPSA) is 61.4 Å². The van der Waals surface area contributed by atoms with E-state index >= 15 is 0 Å². The molecule has 0 bridgehead atoms. The molecule has 0 fully saturated rings. The van der Waals surface area contributed by atoms with Crippen LogP contribution < -0.4 is 10.6 Å². The van der Waals surface area contributed by atoms with Gasteiger partial charge in [-0.15, -0.1) is 0 Å². The Labute approximate surface area is 186 Å². The summed E-state index contributed by atoms with van der Waals surface area (Å²) >= 11 is 12.3. The molecular weight excluding hydrogens is 419 g/mol. The van der Waals surface area contributed by atoms with Crippen molar-refractivity contribution in [2.45, 2.75) is 19.1 Å². The van der Waals surface area contributed by atoms with Crippen molar-refractivity contribution in [3.05, 3.63) is 106 Å². The number of halogens is 2. The molecule has 0 saturated carbocycles. The maximum Gasteiger partial charge on any atom is 0.309 e. The van der Waals surface area contributed by atoms with Crippen LogP contribution in [0.25, 0.3) is 0 Å². The van der Waals surface area contributed by atoms with E-state index in [-0.39, 0.29) is 0 Å². The van der Waals surface area contributed by atoms with E-state index in [0.717, 1.165) is 16.7 Å². The van der Waals surface area contributed by atoms with Crippen molar-refractivity contribution in [1.29, 1.82) is 0 Å². The van der Waals surface area contributed by atoms with E-state index < -0.39 is 17.9 Å². The monoisotopic (exact) mass is 442 g/mol. The number of carbonyl (C=O) groups is 1. The van der Waals surface area contributed by atoms with E-state index in [2.05, 4.69) is 10.6 Å². The molecule has 0 radical (unpaired) electrons. The fourth-order valence-corrected chi connectivity index (χ4v) is 3.64. The molecule has 2 atom stereocenters. The maximum absolute atomic E-state index is 12.2. The van der Waals surface area contributed by atoms with Gasteiger partial charge in [0.05, 0.1) is 16.0 Å². The smallest absolute Gasteiger partial charge is 0.309 e. The maximum atomic E-state index is 12.2. The molecule has 0 aliphatic rings. The van der Waals surface area contributed by atoms with Gasteiger partial charge in [-0.05, 0) is 28.8 Å². The number of nitrogens with one attached hydrogen (secondary N) is 2. The Morgan fingerprint density at radius 2 is 1.43 bits per heavy atom. The molecule has 3 N–H and O–H groups in total. The van der Waals surface area contributed by atoms with E-state index in [9.17, 15) is 9.90 Å². The van der Waals surface area contributed by atoms with Crippen LogP contribution in [0.15, 0.2) is 78.9 Å². The number of hydrogen-bond donors (Lipinski definition) is 3. The summed E-state index contributed by atoms with van der Waals surface area (Å²) in [5, 5.41) is 17.5. The van der Waals surface area contributed by atoms with Crippen LogP contribution in [0, 0.1) is 5.92 Å². The van der Waals surface area contributed by atoms with Gasteiger partial charge >= 0.3 is 5.97 Å². The second-order valence-corrected chi connectivity index (χ2v) is 7.89. The number of hydrogen-bond acceptors (Lipinski definition) is 3. The van der Waals surface area contributed by atoms with Gasteiger partial charge in [0.2, 0.25) is 0 Å². The molecule has 3 aromatic rings.